The summed E-state index contributed by atoms with van der Waals surface area (Å²) in [4.78, 5) is 4.66. The lowest BCUT2D eigenvalue weighted by atomic mass is 9.91. The van der Waals surface area contributed by atoms with Gasteiger partial charge in [0.1, 0.15) is 0 Å². The molecule has 2 nitrogen and oxygen atoms in total. The van der Waals surface area contributed by atoms with Gasteiger partial charge in [0, 0.05) is 35.1 Å². The van der Waals surface area contributed by atoms with Crippen LogP contribution in [0.4, 0.5) is 0 Å². The summed E-state index contributed by atoms with van der Waals surface area (Å²) in [6.45, 7) is 6.48. The smallest absolute Gasteiger partial charge is 0.0454 e. The van der Waals surface area contributed by atoms with Gasteiger partial charge in [0.25, 0.3) is 0 Å². The molecule has 0 aliphatic heterocycles. The molecular formula is C17H20N2S. The summed E-state index contributed by atoms with van der Waals surface area (Å²) >= 11 is 1.84. The van der Waals surface area contributed by atoms with Crippen LogP contribution in [0.25, 0.3) is 10.9 Å². The summed E-state index contributed by atoms with van der Waals surface area (Å²) in [5.74, 6) is 0. The van der Waals surface area contributed by atoms with Crippen molar-refractivity contribution < 1.29 is 0 Å². The van der Waals surface area contributed by atoms with Crippen molar-refractivity contribution in [2.75, 3.05) is 6.54 Å². The zero-order chi connectivity index (χ0) is 14.0. The van der Waals surface area contributed by atoms with Crippen molar-refractivity contribution in [3.8, 4) is 0 Å². The van der Waals surface area contributed by atoms with Gasteiger partial charge in [-0.3, -0.25) is 0 Å². The monoisotopic (exact) mass is 284 g/mol. The van der Waals surface area contributed by atoms with Crippen molar-refractivity contribution in [3.05, 3.63) is 58.4 Å². The molecular weight excluding hydrogens is 264 g/mol. The van der Waals surface area contributed by atoms with Gasteiger partial charge in [0.15, 0.2) is 0 Å². The van der Waals surface area contributed by atoms with E-state index in [-0.39, 0.29) is 5.41 Å². The van der Waals surface area contributed by atoms with E-state index in [1.807, 2.05) is 17.5 Å². The zero-order valence-electron chi connectivity index (χ0n) is 11.9. The molecule has 2 aromatic heterocycles. The Kier molecular flexibility index (Phi) is 3.64. The van der Waals surface area contributed by atoms with Gasteiger partial charge >= 0.3 is 0 Å². The molecule has 0 saturated heterocycles. The molecule has 0 fully saturated rings. The highest BCUT2D eigenvalue weighted by Crippen LogP contribution is 2.26. The molecule has 104 valence electrons. The highest BCUT2D eigenvalue weighted by atomic mass is 32.1. The second-order valence-electron chi connectivity index (χ2n) is 5.86. The summed E-state index contributed by atoms with van der Waals surface area (Å²) in [6, 6.07) is 13.0. The Labute approximate surface area is 123 Å². The third-order valence-corrected chi connectivity index (χ3v) is 4.94. The first-order valence-electron chi connectivity index (χ1n) is 6.96. The minimum atomic E-state index is 0.187. The maximum atomic E-state index is 3.58. The van der Waals surface area contributed by atoms with Crippen molar-refractivity contribution in [2.24, 2.45) is 0 Å². The number of aromatic amines is 1. The summed E-state index contributed by atoms with van der Waals surface area (Å²) in [5, 5.41) is 7.01. The first kappa shape index (κ1) is 13.4. The molecule has 0 bridgehead atoms. The minimum absolute atomic E-state index is 0.187. The number of hydrogen-bond acceptors (Lipinski definition) is 2. The number of thiophene rings is 1. The second-order valence-corrected chi connectivity index (χ2v) is 6.81. The molecule has 3 aromatic rings. The lowest BCUT2D eigenvalue weighted by Gasteiger charge is -2.23. The molecule has 2 N–H and O–H groups in total. The van der Waals surface area contributed by atoms with Crippen molar-refractivity contribution >= 4 is 22.2 Å². The number of hydrogen-bond donors (Lipinski definition) is 2. The molecule has 0 aliphatic rings. The van der Waals surface area contributed by atoms with E-state index < -0.39 is 0 Å². The quantitative estimate of drug-likeness (QED) is 0.718. The predicted molar refractivity (Wildman–Crippen MR) is 87.4 cm³/mol. The van der Waals surface area contributed by atoms with E-state index in [0.717, 1.165) is 13.1 Å². The Bertz CT molecular complexity index is 680. The minimum Gasteiger partial charge on any atom is -0.361 e. The summed E-state index contributed by atoms with van der Waals surface area (Å²) in [5.41, 5.74) is 2.72. The van der Waals surface area contributed by atoms with Gasteiger partial charge in [-0.05, 0) is 40.6 Å². The fraction of sp³-hybridized carbons (Fsp3) is 0.294. The average Bonchev–Trinajstić information content (AvgIpc) is 3.09. The molecule has 3 rings (SSSR count). The van der Waals surface area contributed by atoms with E-state index in [0.29, 0.717) is 0 Å². The molecule has 20 heavy (non-hydrogen) atoms. The highest BCUT2D eigenvalue weighted by molar-refractivity contribution is 7.10. The second kappa shape index (κ2) is 5.43. The molecule has 0 amide bonds. The van der Waals surface area contributed by atoms with Gasteiger partial charge in [0.2, 0.25) is 0 Å². The van der Waals surface area contributed by atoms with Crippen LogP contribution in [0.1, 0.15) is 24.3 Å². The maximum Gasteiger partial charge on any atom is 0.0454 e. The molecule has 1 aromatic carbocycles. The van der Waals surface area contributed by atoms with Crippen LogP contribution in [0.3, 0.4) is 0 Å². The third kappa shape index (κ3) is 2.79. The van der Waals surface area contributed by atoms with Crippen molar-refractivity contribution in [1.82, 2.24) is 10.3 Å². The third-order valence-electron chi connectivity index (χ3n) is 3.70. The first-order valence-corrected chi connectivity index (χ1v) is 7.84. The Balaban J connectivity index is 1.62. The lowest BCUT2D eigenvalue weighted by molar-refractivity contribution is 0.477. The molecule has 0 atom stereocenters. The van der Waals surface area contributed by atoms with Crippen LogP contribution in [0.2, 0.25) is 0 Å². The highest BCUT2D eigenvalue weighted by Gasteiger charge is 2.20. The van der Waals surface area contributed by atoms with Crippen LogP contribution in [0.15, 0.2) is 48.0 Å². The van der Waals surface area contributed by atoms with Crippen LogP contribution in [-0.4, -0.2) is 11.5 Å². The number of aromatic nitrogens is 1. The Morgan fingerprint density at radius 1 is 1.20 bits per heavy atom. The number of nitrogens with one attached hydrogen (secondary N) is 2. The maximum absolute atomic E-state index is 3.58. The predicted octanol–water partition coefficient (Wildman–Crippen LogP) is 4.30. The Hall–Kier alpha value is -1.58. The van der Waals surface area contributed by atoms with Crippen molar-refractivity contribution in [1.29, 1.82) is 0 Å². The number of fused-ring (bicyclic) bond motifs is 1. The molecule has 0 radical (unpaired) electrons. The van der Waals surface area contributed by atoms with Crippen LogP contribution in [0, 0.1) is 0 Å². The van der Waals surface area contributed by atoms with E-state index >= 15 is 0 Å². The van der Waals surface area contributed by atoms with Gasteiger partial charge in [-0.1, -0.05) is 26.0 Å². The SMILES string of the molecule is CC(C)(CNCc1ccc2[nH]ccc2c1)c1cccs1. The van der Waals surface area contributed by atoms with Crippen molar-refractivity contribution in [2.45, 2.75) is 25.8 Å². The van der Waals surface area contributed by atoms with Crippen LogP contribution < -0.4 is 5.32 Å². The van der Waals surface area contributed by atoms with Crippen molar-refractivity contribution in [3.63, 3.8) is 0 Å². The summed E-state index contributed by atoms with van der Waals surface area (Å²) < 4.78 is 0. The van der Waals surface area contributed by atoms with Gasteiger partial charge in [-0.25, -0.2) is 0 Å². The number of rotatable bonds is 5. The average molecular weight is 284 g/mol. The molecule has 0 unspecified atom stereocenters. The fourth-order valence-electron chi connectivity index (χ4n) is 2.48. The zero-order valence-corrected chi connectivity index (χ0v) is 12.8. The molecule has 3 heteroatoms. The normalized spacial score (nSPS) is 12.1. The fourth-order valence-corrected chi connectivity index (χ4v) is 3.33. The summed E-state index contributed by atoms with van der Waals surface area (Å²) in [6.07, 6.45) is 1.99. The summed E-state index contributed by atoms with van der Waals surface area (Å²) in [7, 11) is 0. The topological polar surface area (TPSA) is 27.8 Å². The number of benzene rings is 1. The molecule has 0 saturated carbocycles. The largest absolute Gasteiger partial charge is 0.361 e. The van der Waals surface area contributed by atoms with E-state index in [1.54, 1.807) is 0 Å². The van der Waals surface area contributed by atoms with Crippen LogP contribution >= 0.6 is 11.3 Å². The van der Waals surface area contributed by atoms with Gasteiger partial charge in [0.05, 0.1) is 0 Å². The molecule has 0 aliphatic carbocycles. The van der Waals surface area contributed by atoms with E-state index in [2.05, 4.69) is 65.9 Å². The van der Waals surface area contributed by atoms with E-state index in [1.165, 1.54) is 21.3 Å². The molecule has 2 heterocycles. The lowest BCUT2D eigenvalue weighted by Crippen LogP contribution is -2.31. The first-order chi connectivity index (χ1) is 9.65. The van der Waals surface area contributed by atoms with Gasteiger partial charge < -0.3 is 10.3 Å². The van der Waals surface area contributed by atoms with Gasteiger partial charge in [-0.15, -0.1) is 11.3 Å². The van der Waals surface area contributed by atoms with Crippen LogP contribution in [-0.2, 0) is 12.0 Å². The molecule has 0 spiro atoms. The standard InChI is InChI=1S/C17H20N2S/c1-17(2,16-4-3-9-20-16)12-18-11-13-5-6-15-14(10-13)7-8-19-15/h3-10,18-19H,11-12H2,1-2H3. The van der Waals surface area contributed by atoms with E-state index in [4.69, 9.17) is 0 Å². The number of H-pyrrole nitrogens is 1. The van der Waals surface area contributed by atoms with E-state index in [9.17, 15) is 0 Å². The van der Waals surface area contributed by atoms with Crippen LogP contribution in [0.5, 0.6) is 0 Å². The Morgan fingerprint density at radius 3 is 2.90 bits per heavy atom. The van der Waals surface area contributed by atoms with Gasteiger partial charge in [-0.2, -0.15) is 0 Å². The Morgan fingerprint density at radius 2 is 2.10 bits per heavy atom.